The van der Waals surface area contributed by atoms with Crippen molar-refractivity contribution in [3.63, 3.8) is 0 Å². The summed E-state index contributed by atoms with van der Waals surface area (Å²) in [6.07, 6.45) is 4.54. The van der Waals surface area contributed by atoms with Crippen LogP contribution in [0.2, 0.25) is 19.6 Å². The van der Waals surface area contributed by atoms with E-state index >= 15 is 0 Å². The molecule has 0 saturated heterocycles. The lowest BCUT2D eigenvalue weighted by Gasteiger charge is -2.25. The van der Waals surface area contributed by atoms with E-state index in [2.05, 4.69) is 84.7 Å². The highest BCUT2D eigenvalue weighted by molar-refractivity contribution is 6.70. The quantitative estimate of drug-likeness (QED) is 0.765. The third-order valence-corrected chi connectivity index (χ3v) is 5.02. The Morgan fingerprint density at radius 3 is 2.32 bits per heavy atom. The Hall–Kier alpha value is -1.48. The van der Waals surface area contributed by atoms with Gasteiger partial charge < -0.3 is 9.74 Å². The van der Waals surface area contributed by atoms with E-state index in [0.29, 0.717) is 0 Å². The second-order valence-electron chi connectivity index (χ2n) is 9.23. The molecule has 0 aliphatic heterocycles. The minimum absolute atomic E-state index is 0.0254. The standard InChI is InChI=1S/C22H35NOSi/c1-10-11-15(2)19-18(24-25(7,8)9)13-12-17-14-16(3)21(20(17)19)23-22(4,5)6/h12-14,23H,10-11H2,1-9H3. The first kappa shape index (κ1) is 19.8. The minimum atomic E-state index is -1.68. The Kier molecular flexibility index (Phi) is 5.58. The van der Waals surface area contributed by atoms with Crippen molar-refractivity contribution in [2.75, 3.05) is 0 Å². The summed E-state index contributed by atoms with van der Waals surface area (Å²) in [6.45, 7) is 20.1. The predicted octanol–water partition coefficient (Wildman–Crippen LogP) is 4.78. The Labute approximate surface area is 154 Å². The molecule has 25 heavy (non-hydrogen) atoms. The molecule has 0 radical (unpaired) electrons. The molecule has 1 aromatic rings. The van der Waals surface area contributed by atoms with E-state index in [1.807, 2.05) is 0 Å². The molecule has 138 valence electrons. The average molecular weight is 358 g/mol. The molecular formula is C22H35NOSi. The molecule has 0 spiro atoms. The molecule has 2 nitrogen and oxygen atoms in total. The Morgan fingerprint density at radius 1 is 1.16 bits per heavy atom. The number of benzene rings is 1. The van der Waals surface area contributed by atoms with Crippen molar-refractivity contribution in [3.8, 4) is 5.75 Å². The fourth-order valence-corrected chi connectivity index (χ4v) is 4.20. The minimum Gasteiger partial charge on any atom is -0.544 e. The van der Waals surface area contributed by atoms with Gasteiger partial charge in [-0.3, -0.25) is 0 Å². The predicted molar refractivity (Wildman–Crippen MR) is 114 cm³/mol. The van der Waals surface area contributed by atoms with E-state index in [9.17, 15) is 0 Å². The van der Waals surface area contributed by atoms with Crippen LogP contribution in [0.1, 0.15) is 59.9 Å². The van der Waals surface area contributed by atoms with Crippen LogP contribution in [0.15, 0.2) is 17.7 Å². The summed E-state index contributed by atoms with van der Waals surface area (Å²) in [5, 5.41) is 6.38. The first-order valence-corrected chi connectivity index (χ1v) is 12.9. The number of rotatable bonds is 5. The lowest BCUT2D eigenvalue weighted by atomic mass is 10.0. The number of hydrogen-bond acceptors (Lipinski definition) is 2. The van der Waals surface area contributed by atoms with Crippen molar-refractivity contribution in [2.45, 2.75) is 79.6 Å². The maximum absolute atomic E-state index is 6.49. The van der Waals surface area contributed by atoms with Crippen LogP contribution in [0.5, 0.6) is 5.75 Å². The molecule has 0 aromatic heterocycles. The van der Waals surface area contributed by atoms with Gasteiger partial charge in [-0.25, -0.2) is 0 Å². The van der Waals surface area contributed by atoms with Gasteiger partial charge in [-0.1, -0.05) is 25.0 Å². The van der Waals surface area contributed by atoms with Gasteiger partial charge in [0.1, 0.15) is 5.75 Å². The summed E-state index contributed by atoms with van der Waals surface area (Å²) < 4.78 is 6.49. The molecule has 0 bridgehead atoms. The highest BCUT2D eigenvalue weighted by Crippen LogP contribution is 2.22. The summed E-state index contributed by atoms with van der Waals surface area (Å²) in [6, 6.07) is 4.39. The van der Waals surface area contributed by atoms with Gasteiger partial charge in [0.15, 0.2) is 0 Å². The summed E-state index contributed by atoms with van der Waals surface area (Å²) >= 11 is 0. The van der Waals surface area contributed by atoms with E-state index in [0.717, 1.165) is 18.6 Å². The zero-order valence-electron chi connectivity index (χ0n) is 17.6. The van der Waals surface area contributed by atoms with Crippen LogP contribution in [0.25, 0.3) is 17.3 Å². The van der Waals surface area contributed by atoms with Crippen LogP contribution in [0.3, 0.4) is 0 Å². The van der Waals surface area contributed by atoms with Gasteiger partial charge in [-0.15, -0.1) is 0 Å². The van der Waals surface area contributed by atoms with E-state index in [4.69, 9.17) is 4.43 Å². The lowest BCUT2D eigenvalue weighted by molar-refractivity contribution is 0.499. The fourth-order valence-electron chi connectivity index (χ4n) is 3.37. The van der Waals surface area contributed by atoms with E-state index in [-0.39, 0.29) is 5.54 Å². The van der Waals surface area contributed by atoms with Crippen LogP contribution < -0.4 is 20.2 Å². The van der Waals surface area contributed by atoms with Crippen molar-refractivity contribution in [1.29, 1.82) is 0 Å². The molecule has 0 atom stereocenters. The van der Waals surface area contributed by atoms with Crippen LogP contribution in [0, 0.1) is 0 Å². The van der Waals surface area contributed by atoms with E-state index in [1.54, 1.807) is 0 Å². The van der Waals surface area contributed by atoms with Crippen molar-refractivity contribution in [2.24, 2.45) is 0 Å². The van der Waals surface area contributed by atoms with Crippen molar-refractivity contribution < 1.29 is 4.43 Å². The number of hydrogen-bond donors (Lipinski definition) is 1. The summed E-state index contributed by atoms with van der Waals surface area (Å²) in [5.74, 6) is 1.06. The zero-order chi connectivity index (χ0) is 19.0. The second-order valence-corrected chi connectivity index (χ2v) is 13.7. The third-order valence-electron chi connectivity index (χ3n) is 4.18. The number of fused-ring (bicyclic) bond motifs is 1. The first-order chi connectivity index (χ1) is 11.4. The molecular weight excluding hydrogens is 322 g/mol. The summed E-state index contributed by atoms with van der Waals surface area (Å²) in [4.78, 5) is 0. The fraction of sp³-hybridized carbons (Fsp3) is 0.545. The molecule has 0 unspecified atom stereocenters. The van der Waals surface area contributed by atoms with Crippen molar-refractivity contribution >= 4 is 25.7 Å². The largest absolute Gasteiger partial charge is 0.544 e. The second kappa shape index (κ2) is 7.03. The normalized spacial score (nSPS) is 15.7. The highest BCUT2D eigenvalue weighted by Gasteiger charge is 2.22. The van der Waals surface area contributed by atoms with Crippen LogP contribution in [-0.4, -0.2) is 13.9 Å². The first-order valence-electron chi connectivity index (χ1n) is 9.46. The molecule has 3 heteroatoms. The molecule has 1 aliphatic carbocycles. The van der Waals surface area contributed by atoms with Gasteiger partial charge in [0.05, 0.1) is 0 Å². The van der Waals surface area contributed by atoms with Gasteiger partial charge in [0.2, 0.25) is 8.32 Å². The molecule has 0 fully saturated rings. The molecule has 1 aromatic carbocycles. The maximum atomic E-state index is 6.49. The Bertz CT molecular complexity index is 804. The lowest BCUT2D eigenvalue weighted by Crippen LogP contribution is -2.42. The average Bonchev–Trinajstić information content (AvgIpc) is 2.72. The third kappa shape index (κ3) is 4.78. The zero-order valence-corrected chi connectivity index (χ0v) is 18.6. The van der Waals surface area contributed by atoms with Gasteiger partial charge >= 0.3 is 0 Å². The van der Waals surface area contributed by atoms with Gasteiger partial charge in [0, 0.05) is 21.7 Å². The molecule has 2 rings (SSSR count). The van der Waals surface area contributed by atoms with Gasteiger partial charge in [0.25, 0.3) is 0 Å². The van der Waals surface area contributed by atoms with Crippen LogP contribution in [-0.2, 0) is 0 Å². The molecule has 0 heterocycles. The van der Waals surface area contributed by atoms with Crippen LogP contribution in [0.4, 0.5) is 0 Å². The SMILES string of the molecule is CCCC(C)=c1c(O[Si](C)(C)C)ccc2c1=C(NC(C)(C)C)C(C)=C2. The monoisotopic (exact) mass is 357 g/mol. The van der Waals surface area contributed by atoms with Gasteiger partial charge in [-0.2, -0.15) is 0 Å². The highest BCUT2D eigenvalue weighted by atomic mass is 28.4. The van der Waals surface area contributed by atoms with Crippen molar-refractivity contribution in [3.05, 3.63) is 33.7 Å². The van der Waals surface area contributed by atoms with Gasteiger partial charge in [-0.05, 0) is 84.0 Å². The molecule has 0 saturated carbocycles. The van der Waals surface area contributed by atoms with Crippen LogP contribution >= 0.6 is 0 Å². The topological polar surface area (TPSA) is 21.3 Å². The smallest absolute Gasteiger partial charge is 0.242 e. The maximum Gasteiger partial charge on any atom is 0.242 e. The molecule has 1 N–H and O–H groups in total. The summed E-state index contributed by atoms with van der Waals surface area (Å²) in [5.41, 5.74) is 5.31. The Balaban J connectivity index is 2.87. The summed E-state index contributed by atoms with van der Waals surface area (Å²) in [7, 11) is -1.68. The molecule has 1 aliphatic rings. The number of nitrogens with one attached hydrogen (secondary N) is 1. The van der Waals surface area contributed by atoms with Crippen molar-refractivity contribution in [1.82, 2.24) is 5.32 Å². The Morgan fingerprint density at radius 2 is 1.80 bits per heavy atom. The van der Waals surface area contributed by atoms with E-state index in [1.165, 1.54) is 32.8 Å². The molecule has 0 amide bonds. The van der Waals surface area contributed by atoms with E-state index < -0.39 is 8.32 Å².